The second kappa shape index (κ2) is 3.82. The van der Waals surface area contributed by atoms with Gasteiger partial charge in [-0.1, -0.05) is 28.1 Å². The molecule has 1 heterocycles. The molecule has 68 valence electrons. The molecule has 0 aliphatic carbocycles. The zero-order valence-corrected chi connectivity index (χ0v) is 9.80. The van der Waals surface area contributed by atoms with Gasteiger partial charge >= 0.3 is 0 Å². The third kappa shape index (κ3) is 2.13. The third-order valence-electron chi connectivity index (χ3n) is 1.78. The van der Waals surface area contributed by atoms with Crippen LogP contribution in [-0.4, -0.2) is 0 Å². The van der Waals surface area contributed by atoms with Gasteiger partial charge in [0.15, 0.2) is 0 Å². The monoisotopic (exact) mass is 303 g/mol. The summed E-state index contributed by atoms with van der Waals surface area (Å²) in [6, 6.07) is 8.05. The van der Waals surface area contributed by atoms with Crippen LogP contribution in [0.1, 0.15) is 11.7 Å². The summed E-state index contributed by atoms with van der Waals surface area (Å²) in [7, 11) is 0. The van der Waals surface area contributed by atoms with Crippen molar-refractivity contribution in [1.29, 1.82) is 0 Å². The van der Waals surface area contributed by atoms with Crippen LogP contribution in [0.2, 0.25) is 0 Å². The first-order valence-corrected chi connectivity index (χ1v) is 5.39. The average Bonchev–Trinajstić information content (AvgIpc) is 2.53. The van der Waals surface area contributed by atoms with E-state index in [1.165, 1.54) is 0 Å². The van der Waals surface area contributed by atoms with Crippen molar-refractivity contribution in [1.82, 2.24) is 5.48 Å². The minimum atomic E-state index is 0.00229. The fraction of sp³-hybridized carbons (Fsp3) is 0.111. The van der Waals surface area contributed by atoms with Crippen LogP contribution in [0.15, 0.2) is 39.4 Å². The van der Waals surface area contributed by atoms with Gasteiger partial charge in [0.25, 0.3) is 0 Å². The molecule has 1 N–H and O–H groups in total. The van der Waals surface area contributed by atoms with Gasteiger partial charge in [-0.3, -0.25) is 10.3 Å². The molecule has 13 heavy (non-hydrogen) atoms. The maximum atomic E-state index is 5.29. The van der Waals surface area contributed by atoms with E-state index >= 15 is 0 Å². The minimum absolute atomic E-state index is 0.00229. The molecule has 1 aliphatic heterocycles. The van der Waals surface area contributed by atoms with Gasteiger partial charge in [0, 0.05) is 4.47 Å². The predicted octanol–water partition coefficient (Wildman–Crippen LogP) is 3.26. The standard InChI is InChI=1S/C9H7Br2NO/c10-7-3-1-6(2-4-7)8-5-9(11)12-13-8/h1-5,8,12H/t8-/m1/s1. The Balaban J connectivity index is 2.22. The molecule has 0 saturated heterocycles. The van der Waals surface area contributed by atoms with Crippen molar-refractivity contribution in [3.05, 3.63) is 45.0 Å². The fourth-order valence-electron chi connectivity index (χ4n) is 1.14. The molecule has 1 aliphatic rings. The predicted molar refractivity (Wildman–Crippen MR) is 58.1 cm³/mol. The molecule has 0 amide bonds. The highest BCUT2D eigenvalue weighted by molar-refractivity contribution is 9.11. The summed E-state index contributed by atoms with van der Waals surface area (Å²) in [4.78, 5) is 5.29. The molecule has 2 rings (SSSR count). The van der Waals surface area contributed by atoms with Gasteiger partial charge in [0.1, 0.15) is 10.7 Å². The van der Waals surface area contributed by atoms with Crippen LogP contribution < -0.4 is 5.48 Å². The number of hydrogen-bond acceptors (Lipinski definition) is 2. The SMILES string of the molecule is BrC1=C[C@H](c2ccc(Br)cc2)ON1. The molecule has 4 heteroatoms. The summed E-state index contributed by atoms with van der Waals surface area (Å²) < 4.78 is 1.95. The Bertz CT molecular complexity index is 334. The Labute approximate surface area is 93.2 Å². The van der Waals surface area contributed by atoms with E-state index in [1.807, 2.05) is 30.3 Å². The van der Waals surface area contributed by atoms with Crippen molar-refractivity contribution in [2.24, 2.45) is 0 Å². The molecule has 0 unspecified atom stereocenters. The van der Waals surface area contributed by atoms with Crippen LogP contribution in [0, 0.1) is 0 Å². The highest BCUT2D eigenvalue weighted by atomic mass is 79.9. The van der Waals surface area contributed by atoms with E-state index in [0.717, 1.165) is 14.6 Å². The molecule has 0 aromatic heterocycles. The Kier molecular flexibility index (Phi) is 2.71. The number of benzene rings is 1. The summed E-state index contributed by atoms with van der Waals surface area (Å²) in [6.45, 7) is 0. The lowest BCUT2D eigenvalue weighted by molar-refractivity contribution is 0.0458. The van der Waals surface area contributed by atoms with Crippen molar-refractivity contribution in [2.45, 2.75) is 6.10 Å². The average molecular weight is 305 g/mol. The Hall–Kier alpha value is -0.320. The van der Waals surface area contributed by atoms with Crippen molar-refractivity contribution in [3.8, 4) is 0 Å². The molecule has 0 radical (unpaired) electrons. The Morgan fingerprint density at radius 1 is 1.15 bits per heavy atom. The fourth-order valence-corrected chi connectivity index (χ4v) is 1.74. The van der Waals surface area contributed by atoms with E-state index in [-0.39, 0.29) is 6.10 Å². The number of halogens is 2. The van der Waals surface area contributed by atoms with Crippen molar-refractivity contribution in [2.75, 3.05) is 0 Å². The lowest BCUT2D eigenvalue weighted by Gasteiger charge is -2.06. The third-order valence-corrected chi connectivity index (χ3v) is 2.73. The van der Waals surface area contributed by atoms with E-state index in [9.17, 15) is 0 Å². The van der Waals surface area contributed by atoms with Gasteiger partial charge < -0.3 is 0 Å². The van der Waals surface area contributed by atoms with Crippen LogP contribution in [-0.2, 0) is 4.84 Å². The first kappa shape index (κ1) is 9.24. The highest BCUT2D eigenvalue weighted by Gasteiger charge is 2.16. The molecule has 1 aromatic carbocycles. The summed E-state index contributed by atoms with van der Waals surface area (Å²) >= 11 is 6.69. The molecule has 0 spiro atoms. The Morgan fingerprint density at radius 3 is 2.38 bits per heavy atom. The number of nitrogens with one attached hydrogen (secondary N) is 1. The zero-order valence-electron chi connectivity index (χ0n) is 6.63. The van der Waals surface area contributed by atoms with Gasteiger partial charge in [-0.05, 0) is 39.7 Å². The van der Waals surface area contributed by atoms with Crippen LogP contribution in [0.5, 0.6) is 0 Å². The van der Waals surface area contributed by atoms with Crippen molar-refractivity contribution in [3.63, 3.8) is 0 Å². The second-order valence-electron chi connectivity index (χ2n) is 2.71. The van der Waals surface area contributed by atoms with E-state index in [0.29, 0.717) is 0 Å². The minimum Gasteiger partial charge on any atom is -0.263 e. The lowest BCUT2D eigenvalue weighted by atomic mass is 10.1. The zero-order chi connectivity index (χ0) is 9.26. The molecular weight excluding hydrogens is 298 g/mol. The van der Waals surface area contributed by atoms with Gasteiger partial charge in [-0.2, -0.15) is 0 Å². The van der Waals surface area contributed by atoms with Gasteiger partial charge in [0.05, 0.1) is 0 Å². The van der Waals surface area contributed by atoms with Crippen LogP contribution in [0.3, 0.4) is 0 Å². The second-order valence-corrected chi connectivity index (χ2v) is 4.48. The molecule has 0 fully saturated rings. The number of rotatable bonds is 1. The first-order chi connectivity index (χ1) is 6.25. The van der Waals surface area contributed by atoms with E-state index in [4.69, 9.17) is 4.84 Å². The van der Waals surface area contributed by atoms with E-state index in [1.54, 1.807) is 0 Å². The Morgan fingerprint density at radius 2 is 1.85 bits per heavy atom. The summed E-state index contributed by atoms with van der Waals surface area (Å²) in [5.41, 5.74) is 3.88. The van der Waals surface area contributed by atoms with Crippen molar-refractivity contribution < 1.29 is 4.84 Å². The smallest absolute Gasteiger partial charge is 0.131 e. The lowest BCUT2D eigenvalue weighted by Crippen LogP contribution is -2.04. The van der Waals surface area contributed by atoms with Crippen LogP contribution in [0.25, 0.3) is 0 Å². The summed E-state index contributed by atoms with van der Waals surface area (Å²) in [5, 5.41) is 0. The maximum absolute atomic E-state index is 5.29. The van der Waals surface area contributed by atoms with Crippen LogP contribution in [0.4, 0.5) is 0 Å². The quantitative estimate of drug-likeness (QED) is 0.804. The maximum Gasteiger partial charge on any atom is 0.131 e. The number of hydrogen-bond donors (Lipinski definition) is 1. The van der Waals surface area contributed by atoms with Gasteiger partial charge in [0.2, 0.25) is 0 Å². The van der Waals surface area contributed by atoms with E-state index in [2.05, 4.69) is 37.3 Å². The highest BCUT2D eigenvalue weighted by Crippen LogP contribution is 2.26. The van der Waals surface area contributed by atoms with Crippen LogP contribution >= 0.6 is 31.9 Å². The molecule has 0 bridgehead atoms. The first-order valence-electron chi connectivity index (χ1n) is 3.80. The van der Waals surface area contributed by atoms with Crippen molar-refractivity contribution >= 4 is 31.9 Å². The largest absolute Gasteiger partial charge is 0.263 e. The summed E-state index contributed by atoms with van der Waals surface area (Å²) in [6.07, 6.45) is 1.98. The van der Waals surface area contributed by atoms with Gasteiger partial charge in [-0.25, -0.2) is 0 Å². The molecule has 0 saturated carbocycles. The van der Waals surface area contributed by atoms with Gasteiger partial charge in [-0.15, -0.1) is 0 Å². The topological polar surface area (TPSA) is 21.3 Å². The molecule has 1 aromatic rings. The normalized spacial score (nSPS) is 21.1. The number of hydroxylamine groups is 1. The van der Waals surface area contributed by atoms with E-state index < -0.39 is 0 Å². The molecule has 2 nitrogen and oxygen atoms in total. The molecular formula is C9H7Br2NO. The molecule has 1 atom stereocenters. The summed E-state index contributed by atoms with van der Waals surface area (Å²) in [5.74, 6) is 0.